The van der Waals surface area contributed by atoms with Crippen LogP contribution >= 0.6 is 0 Å². The average Bonchev–Trinajstić information content (AvgIpc) is 3.22. The molecule has 0 saturated heterocycles. The van der Waals surface area contributed by atoms with Crippen molar-refractivity contribution in [1.82, 2.24) is 0 Å². The Bertz CT molecular complexity index is 998. The molecule has 36 heavy (non-hydrogen) atoms. The van der Waals surface area contributed by atoms with E-state index >= 15 is 0 Å². The van der Waals surface area contributed by atoms with Crippen LogP contribution in [0.5, 0.6) is 0 Å². The molecule has 5 rings (SSSR count). The Kier molecular flexibility index (Phi) is 7.02. The van der Waals surface area contributed by atoms with Gasteiger partial charge >= 0.3 is 0 Å². The molecule has 4 heteroatoms. The number of aryl methyl sites for hydroxylation is 1. The van der Waals surface area contributed by atoms with Crippen LogP contribution in [-0.4, -0.2) is 29.4 Å². The van der Waals surface area contributed by atoms with Crippen LogP contribution in [0.15, 0.2) is 35.9 Å². The van der Waals surface area contributed by atoms with Crippen LogP contribution in [0.2, 0.25) is 0 Å². The summed E-state index contributed by atoms with van der Waals surface area (Å²) in [6.07, 6.45) is 10.0. The summed E-state index contributed by atoms with van der Waals surface area (Å²) in [5.41, 5.74) is 3.89. The monoisotopic (exact) mass is 494 g/mol. The summed E-state index contributed by atoms with van der Waals surface area (Å²) >= 11 is 0. The second-order valence-corrected chi connectivity index (χ2v) is 12.7. The van der Waals surface area contributed by atoms with Crippen LogP contribution in [0.3, 0.4) is 0 Å². The van der Waals surface area contributed by atoms with Crippen molar-refractivity contribution in [1.29, 1.82) is 0 Å². The van der Waals surface area contributed by atoms with Gasteiger partial charge in [0, 0.05) is 25.4 Å². The quantitative estimate of drug-likeness (QED) is 0.341. The Morgan fingerprint density at radius 1 is 1.00 bits per heavy atom. The van der Waals surface area contributed by atoms with Gasteiger partial charge in [-0.05, 0) is 92.1 Å². The van der Waals surface area contributed by atoms with E-state index < -0.39 is 5.79 Å². The van der Waals surface area contributed by atoms with E-state index in [4.69, 9.17) is 9.47 Å². The topological polar surface area (TPSA) is 55.8 Å². The number of benzene rings is 1. The van der Waals surface area contributed by atoms with Crippen molar-refractivity contribution in [3.8, 4) is 0 Å². The summed E-state index contributed by atoms with van der Waals surface area (Å²) in [5, 5.41) is 11.5. The van der Waals surface area contributed by atoms with Crippen molar-refractivity contribution in [2.24, 2.45) is 34.5 Å². The van der Waals surface area contributed by atoms with E-state index in [0.29, 0.717) is 49.6 Å². The zero-order chi connectivity index (χ0) is 25.7. The number of hydrogen-bond donors (Lipinski definition) is 1. The first kappa shape index (κ1) is 26.1. The third-order valence-electron chi connectivity index (χ3n) is 10.9. The summed E-state index contributed by atoms with van der Waals surface area (Å²) in [5.74, 6) is 0.942. The number of carbonyl (C=O) groups is 1. The molecule has 198 valence electrons. The van der Waals surface area contributed by atoms with Crippen LogP contribution in [0.1, 0.15) is 90.7 Å². The second-order valence-electron chi connectivity index (χ2n) is 12.7. The fourth-order valence-corrected chi connectivity index (χ4v) is 8.81. The van der Waals surface area contributed by atoms with Gasteiger partial charge in [-0.1, -0.05) is 56.7 Å². The van der Waals surface area contributed by atoms with Crippen molar-refractivity contribution >= 4 is 5.78 Å². The van der Waals surface area contributed by atoms with Gasteiger partial charge < -0.3 is 14.6 Å². The van der Waals surface area contributed by atoms with Crippen LogP contribution in [0.25, 0.3) is 0 Å². The molecule has 0 aliphatic heterocycles. The third kappa shape index (κ3) is 4.31. The lowest BCUT2D eigenvalue weighted by atomic mass is 9.46. The maximum absolute atomic E-state index is 12.5. The number of fused-ring (bicyclic) bond motifs is 5. The van der Waals surface area contributed by atoms with Gasteiger partial charge in [0.05, 0.1) is 12.7 Å². The van der Waals surface area contributed by atoms with Crippen molar-refractivity contribution in [2.75, 3.05) is 6.61 Å². The van der Waals surface area contributed by atoms with Crippen LogP contribution in [-0.2, 0) is 27.3 Å². The molecular formula is C32H46O4. The lowest BCUT2D eigenvalue weighted by Crippen LogP contribution is -2.56. The molecule has 0 bridgehead atoms. The second kappa shape index (κ2) is 9.67. The Labute approximate surface area is 217 Å². The van der Waals surface area contributed by atoms with Gasteiger partial charge in [0.1, 0.15) is 5.78 Å². The Morgan fingerprint density at radius 3 is 2.39 bits per heavy atom. The predicted molar refractivity (Wildman–Crippen MR) is 142 cm³/mol. The van der Waals surface area contributed by atoms with E-state index in [1.54, 1.807) is 6.92 Å². The number of ketones is 1. The number of ether oxygens (including phenoxy) is 2. The van der Waals surface area contributed by atoms with Gasteiger partial charge in [0.15, 0.2) is 5.79 Å². The molecule has 3 fully saturated rings. The highest BCUT2D eigenvalue weighted by Gasteiger charge is 2.62. The van der Waals surface area contributed by atoms with Gasteiger partial charge in [-0.3, -0.25) is 4.79 Å². The third-order valence-corrected chi connectivity index (χ3v) is 10.9. The molecule has 4 aliphatic rings. The summed E-state index contributed by atoms with van der Waals surface area (Å²) in [4.78, 5) is 12.5. The van der Waals surface area contributed by atoms with Gasteiger partial charge in [-0.2, -0.15) is 0 Å². The minimum Gasteiger partial charge on any atom is -0.374 e. The Balaban J connectivity index is 1.39. The molecule has 4 nitrogen and oxygen atoms in total. The molecule has 0 radical (unpaired) electrons. The molecule has 3 saturated carbocycles. The Morgan fingerprint density at radius 2 is 1.72 bits per heavy atom. The summed E-state index contributed by atoms with van der Waals surface area (Å²) in [7, 11) is 0. The van der Waals surface area contributed by atoms with Crippen molar-refractivity contribution in [3.63, 3.8) is 0 Å². The average molecular weight is 495 g/mol. The van der Waals surface area contributed by atoms with E-state index in [-0.39, 0.29) is 22.9 Å². The molecule has 1 aromatic rings. The predicted octanol–water partition coefficient (Wildman–Crippen LogP) is 6.64. The normalized spacial score (nSPS) is 41.7. The standard InChI is InChI=1S/C32H46O4/c1-6-22-8-10-23(11-9-22)20-36-32(34)17-16-30(4)24(19-32)18-28(35-7-2)29-26-13-12-25(21(3)33)31(26,5)15-14-27(29)30/h8-11,18,25-29,34H,6-7,12-17,19-20H2,1-5H3/t25-,26?,27?,28?,29?,30+,31-,32+/m1/s1. The first-order valence-electron chi connectivity index (χ1n) is 14.4. The van der Waals surface area contributed by atoms with E-state index in [0.717, 1.165) is 44.1 Å². The fourth-order valence-electron chi connectivity index (χ4n) is 8.81. The molecular weight excluding hydrogens is 448 g/mol. The van der Waals surface area contributed by atoms with E-state index in [2.05, 4.69) is 58.0 Å². The van der Waals surface area contributed by atoms with Crippen LogP contribution in [0, 0.1) is 34.5 Å². The summed E-state index contributed by atoms with van der Waals surface area (Å²) in [6, 6.07) is 8.51. The molecule has 4 unspecified atom stereocenters. The summed E-state index contributed by atoms with van der Waals surface area (Å²) < 4.78 is 12.6. The molecule has 1 aromatic carbocycles. The fraction of sp³-hybridized carbons (Fsp3) is 0.719. The first-order valence-corrected chi connectivity index (χ1v) is 14.4. The van der Waals surface area contributed by atoms with Crippen LogP contribution < -0.4 is 0 Å². The van der Waals surface area contributed by atoms with E-state index in [1.165, 1.54) is 11.1 Å². The molecule has 0 amide bonds. The number of Topliss-reactive ketones (excluding diaryl/α,β-unsaturated/α-hetero) is 1. The molecule has 4 aliphatic carbocycles. The maximum atomic E-state index is 12.5. The zero-order valence-corrected chi connectivity index (χ0v) is 23.0. The molecule has 0 aromatic heterocycles. The van der Waals surface area contributed by atoms with Crippen molar-refractivity contribution < 1.29 is 19.4 Å². The number of hydrogen-bond acceptors (Lipinski definition) is 4. The largest absolute Gasteiger partial charge is 0.374 e. The van der Waals surface area contributed by atoms with Gasteiger partial charge in [0.25, 0.3) is 0 Å². The highest BCUT2D eigenvalue weighted by atomic mass is 16.6. The zero-order valence-electron chi connectivity index (χ0n) is 23.0. The maximum Gasteiger partial charge on any atom is 0.169 e. The minimum absolute atomic E-state index is 0.0577. The van der Waals surface area contributed by atoms with Gasteiger partial charge in [0.2, 0.25) is 0 Å². The van der Waals surface area contributed by atoms with Crippen molar-refractivity contribution in [3.05, 3.63) is 47.0 Å². The van der Waals surface area contributed by atoms with Crippen molar-refractivity contribution in [2.45, 2.75) is 104 Å². The highest BCUT2D eigenvalue weighted by Crippen LogP contribution is 2.67. The molecule has 1 N–H and O–H groups in total. The Hall–Kier alpha value is -1.49. The van der Waals surface area contributed by atoms with Gasteiger partial charge in [-0.15, -0.1) is 0 Å². The van der Waals surface area contributed by atoms with Gasteiger partial charge in [-0.25, -0.2) is 0 Å². The van der Waals surface area contributed by atoms with E-state index in [9.17, 15) is 9.90 Å². The smallest absolute Gasteiger partial charge is 0.169 e. The van der Waals surface area contributed by atoms with Crippen LogP contribution in [0.4, 0.5) is 0 Å². The highest BCUT2D eigenvalue weighted by molar-refractivity contribution is 5.79. The summed E-state index contributed by atoms with van der Waals surface area (Å²) in [6.45, 7) is 12.0. The molecule has 8 atom stereocenters. The SMILES string of the molecule is CCOC1C=C2C[C@@](O)(OCc3ccc(CC)cc3)CC[C@]2(C)C2CC[C@@]3(C)C(CC[C@@H]3C(C)=O)C12. The first-order chi connectivity index (χ1) is 17.1. The number of rotatable bonds is 7. The number of aliphatic hydroxyl groups is 1. The molecule has 0 heterocycles. The lowest BCUT2D eigenvalue weighted by Gasteiger charge is -2.60. The molecule has 0 spiro atoms. The van der Waals surface area contributed by atoms with E-state index in [1.807, 2.05) is 0 Å². The minimum atomic E-state index is -1.13. The number of carbonyl (C=O) groups excluding carboxylic acids is 1. The lowest BCUT2D eigenvalue weighted by molar-refractivity contribution is -0.233.